The number of fused-ring (bicyclic) bond motifs is 3. The van der Waals surface area contributed by atoms with E-state index in [1.54, 1.807) is 12.1 Å². The van der Waals surface area contributed by atoms with Crippen LogP contribution in [0.15, 0.2) is 121 Å². The average Bonchev–Trinajstić information content (AvgIpc) is 2.93. The molecule has 0 unspecified atom stereocenters. The van der Waals surface area contributed by atoms with Crippen LogP contribution in [0, 0.1) is 0 Å². The monoisotopic (exact) mass is 466 g/mol. The Morgan fingerprint density at radius 1 is 0.417 bits per heavy atom. The van der Waals surface area contributed by atoms with Crippen LogP contribution >= 0.6 is 0 Å². The highest BCUT2D eigenvalue weighted by Gasteiger charge is 2.12. The van der Waals surface area contributed by atoms with Crippen LogP contribution in [0.2, 0.25) is 0 Å². The van der Waals surface area contributed by atoms with E-state index in [9.17, 15) is 9.59 Å². The van der Waals surface area contributed by atoms with Crippen molar-refractivity contribution in [1.82, 2.24) is 0 Å². The lowest BCUT2D eigenvalue weighted by Gasteiger charge is -2.11. The van der Waals surface area contributed by atoms with Gasteiger partial charge in [0.2, 0.25) is 0 Å². The van der Waals surface area contributed by atoms with Crippen LogP contribution in [-0.4, -0.2) is 11.8 Å². The summed E-state index contributed by atoms with van der Waals surface area (Å²) in [7, 11) is 0. The van der Waals surface area contributed by atoms with Gasteiger partial charge in [-0.15, -0.1) is 0 Å². The normalized spacial score (nSPS) is 11.0. The summed E-state index contributed by atoms with van der Waals surface area (Å²) < 4.78 is 0. The van der Waals surface area contributed by atoms with E-state index in [1.165, 1.54) is 0 Å². The predicted molar refractivity (Wildman–Crippen MR) is 148 cm³/mol. The fourth-order valence-corrected chi connectivity index (χ4v) is 4.59. The Morgan fingerprint density at radius 3 is 1.31 bits per heavy atom. The van der Waals surface area contributed by atoms with Crippen molar-refractivity contribution in [3.05, 3.63) is 132 Å². The maximum absolute atomic E-state index is 13.0. The van der Waals surface area contributed by atoms with Gasteiger partial charge < -0.3 is 10.6 Å². The minimum absolute atomic E-state index is 0.175. The molecule has 0 aliphatic carbocycles. The van der Waals surface area contributed by atoms with Gasteiger partial charge in [-0.25, -0.2) is 0 Å². The molecular weight excluding hydrogens is 444 g/mol. The maximum Gasteiger partial charge on any atom is 0.255 e. The molecule has 0 atom stereocenters. The summed E-state index contributed by atoms with van der Waals surface area (Å²) in [6.07, 6.45) is 0. The Labute approximate surface area is 208 Å². The van der Waals surface area contributed by atoms with Gasteiger partial charge in [-0.1, -0.05) is 84.9 Å². The molecule has 0 heterocycles. The fourth-order valence-electron chi connectivity index (χ4n) is 4.59. The molecule has 0 radical (unpaired) electrons. The molecular formula is C32H22N2O2. The molecule has 0 saturated carbocycles. The van der Waals surface area contributed by atoms with Crippen molar-refractivity contribution in [3.63, 3.8) is 0 Å². The van der Waals surface area contributed by atoms with E-state index in [4.69, 9.17) is 0 Å². The molecule has 0 aromatic heterocycles. The standard InChI is InChI=1S/C32H22N2O2/c35-31(33-29-13-5-9-21-7-1-3-11-27(21)29)25-17-15-24-20-26(18-16-23(24)19-25)32(36)34-30-14-6-10-22-8-2-4-12-28(22)30/h1-20H,(H,33,35)(H,34,36). The van der Waals surface area contributed by atoms with Gasteiger partial charge in [-0.3, -0.25) is 9.59 Å². The van der Waals surface area contributed by atoms with Crippen molar-refractivity contribution in [2.45, 2.75) is 0 Å². The topological polar surface area (TPSA) is 58.2 Å². The SMILES string of the molecule is O=C(Nc1cccc2ccccc12)c1ccc2cc(C(=O)Nc3cccc4ccccc34)ccc2c1. The zero-order chi connectivity index (χ0) is 24.5. The van der Waals surface area contributed by atoms with E-state index in [0.29, 0.717) is 11.1 Å². The fraction of sp³-hybridized carbons (Fsp3) is 0. The molecule has 0 aliphatic rings. The molecule has 0 spiro atoms. The third-order valence-electron chi connectivity index (χ3n) is 6.44. The molecule has 2 amide bonds. The first-order chi connectivity index (χ1) is 17.7. The summed E-state index contributed by atoms with van der Waals surface area (Å²) in [6.45, 7) is 0. The highest BCUT2D eigenvalue weighted by atomic mass is 16.2. The van der Waals surface area contributed by atoms with Gasteiger partial charge in [0.25, 0.3) is 11.8 Å². The molecule has 0 aliphatic heterocycles. The van der Waals surface area contributed by atoms with Gasteiger partial charge in [0, 0.05) is 33.3 Å². The molecule has 172 valence electrons. The van der Waals surface area contributed by atoms with Crippen LogP contribution in [0.3, 0.4) is 0 Å². The number of anilines is 2. The van der Waals surface area contributed by atoms with E-state index >= 15 is 0 Å². The smallest absolute Gasteiger partial charge is 0.255 e. The van der Waals surface area contributed by atoms with Crippen molar-refractivity contribution in [2.75, 3.05) is 10.6 Å². The summed E-state index contributed by atoms with van der Waals surface area (Å²) in [6, 6.07) is 38.7. The van der Waals surface area contributed by atoms with Gasteiger partial charge >= 0.3 is 0 Å². The first kappa shape index (κ1) is 21.6. The molecule has 6 rings (SSSR count). The maximum atomic E-state index is 13.0. The summed E-state index contributed by atoms with van der Waals surface area (Å²) in [5, 5.41) is 12.0. The van der Waals surface area contributed by atoms with Gasteiger partial charge in [0.15, 0.2) is 0 Å². The average molecular weight is 467 g/mol. The Bertz CT molecular complexity index is 1650. The van der Waals surface area contributed by atoms with E-state index in [1.807, 2.05) is 109 Å². The molecule has 0 fully saturated rings. The second-order valence-corrected chi connectivity index (χ2v) is 8.74. The van der Waals surface area contributed by atoms with E-state index < -0.39 is 0 Å². The molecule has 36 heavy (non-hydrogen) atoms. The lowest BCUT2D eigenvalue weighted by Crippen LogP contribution is -2.13. The van der Waals surface area contributed by atoms with Crippen LogP contribution in [0.25, 0.3) is 32.3 Å². The molecule has 0 bridgehead atoms. The zero-order valence-electron chi connectivity index (χ0n) is 19.4. The third kappa shape index (κ3) is 4.05. The third-order valence-corrected chi connectivity index (χ3v) is 6.44. The summed E-state index contributed by atoms with van der Waals surface area (Å²) >= 11 is 0. The first-order valence-electron chi connectivity index (χ1n) is 11.8. The summed E-state index contributed by atoms with van der Waals surface area (Å²) in [4.78, 5) is 26.0. The molecule has 4 nitrogen and oxygen atoms in total. The minimum atomic E-state index is -0.175. The second kappa shape index (κ2) is 9.01. The quantitative estimate of drug-likeness (QED) is 0.280. The van der Waals surface area contributed by atoms with Crippen molar-refractivity contribution >= 4 is 55.5 Å². The lowest BCUT2D eigenvalue weighted by atomic mass is 10.0. The van der Waals surface area contributed by atoms with Gasteiger partial charge in [-0.2, -0.15) is 0 Å². The number of benzene rings is 6. The van der Waals surface area contributed by atoms with Crippen molar-refractivity contribution < 1.29 is 9.59 Å². The number of nitrogens with one attached hydrogen (secondary N) is 2. The number of amides is 2. The second-order valence-electron chi connectivity index (χ2n) is 8.74. The molecule has 6 aromatic carbocycles. The van der Waals surface area contributed by atoms with E-state index in [-0.39, 0.29) is 11.8 Å². The van der Waals surface area contributed by atoms with Crippen LogP contribution in [0.1, 0.15) is 20.7 Å². The molecule has 2 N–H and O–H groups in total. The largest absolute Gasteiger partial charge is 0.321 e. The Kier molecular flexibility index (Phi) is 5.39. The number of carbonyl (C=O) groups is 2. The van der Waals surface area contributed by atoms with Crippen LogP contribution in [-0.2, 0) is 0 Å². The van der Waals surface area contributed by atoms with Crippen LogP contribution in [0.5, 0.6) is 0 Å². The Balaban J connectivity index is 1.24. The Hall–Kier alpha value is -4.96. The zero-order valence-corrected chi connectivity index (χ0v) is 19.4. The van der Waals surface area contributed by atoms with Gasteiger partial charge in [0.05, 0.1) is 0 Å². The van der Waals surface area contributed by atoms with Crippen LogP contribution < -0.4 is 10.6 Å². The van der Waals surface area contributed by atoms with E-state index in [0.717, 1.165) is 43.7 Å². The number of hydrogen-bond donors (Lipinski definition) is 2. The number of carbonyl (C=O) groups excluding carboxylic acids is 2. The van der Waals surface area contributed by atoms with Crippen molar-refractivity contribution in [2.24, 2.45) is 0 Å². The van der Waals surface area contributed by atoms with E-state index in [2.05, 4.69) is 10.6 Å². The summed E-state index contributed by atoms with van der Waals surface area (Å²) in [5.74, 6) is -0.350. The number of rotatable bonds is 4. The Morgan fingerprint density at radius 2 is 0.833 bits per heavy atom. The van der Waals surface area contributed by atoms with Crippen molar-refractivity contribution in [1.29, 1.82) is 0 Å². The first-order valence-corrected chi connectivity index (χ1v) is 11.8. The molecule has 6 aromatic rings. The summed E-state index contributed by atoms with van der Waals surface area (Å²) in [5.41, 5.74) is 2.67. The lowest BCUT2D eigenvalue weighted by molar-refractivity contribution is 0.101. The van der Waals surface area contributed by atoms with Gasteiger partial charge in [-0.05, 0) is 57.9 Å². The predicted octanol–water partition coefficient (Wildman–Crippen LogP) is 7.65. The van der Waals surface area contributed by atoms with Crippen molar-refractivity contribution in [3.8, 4) is 0 Å². The van der Waals surface area contributed by atoms with Gasteiger partial charge in [0.1, 0.15) is 0 Å². The number of hydrogen-bond acceptors (Lipinski definition) is 2. The highest BCUT2D eigenvalue weighted by Crippen LogP contribution is 2.26. The molecule has 4 heteroatoms. The highest BCUT2D eigenvalue weighted by molar-refractivity contribution is 6.12. The minimum Gasteiger partial charge on any atom is -0.321 e. The molecule has 0 saturated heterocycles. The van der Waals surface area contributed by atoms with Crippen LogP contribution in [0.4, 0.5) is 11.4 Å².